The molecule has 1 unspecified atom stereocenters. The van der Waals surface area contributed by atoms with Crippen LogP contribution in [0.15, 0.2) is 35.7 Å². The molecule has 0 radical (unpaired) electrons. The first-order chi connectivity index (χ1) is 6.92. The molecule has 1 atom stereocenters. The average Bonchev–Trinajstić information content (AvgIpc) is 2.30. The lowest BCUT2D eigenvalue weighted by Gasteiger charge is -2.18. The first kappa shape index (κ1) is 9.19. The lowest BCUT2D eigenvalue weighted by atomic mass is 9.93. The Morgan fingerprint density at radius 2 is 2.00 bits per heavy atom. The Balaban J connectivity index is 2.24. The highest BCUT2D eigenvalue weighted by molar-refractivity contribution is 5.86. The van der Waals surface area contributed by atoms with E-state index < -0.39 is 0 Å². The lowest BCUT2D eigenvalue weighted by molar-refractivity contribution is -0.708. The maximum atomic E-state index is 8.90. The van der Waals surface area contributed by atoms with Crippen molar-refractivity contribution in [3.05, 3.63) is 30.6 Å². The van der Waals surface area contributed by atoms with E-state index in [0.29, 0.717) is 0 Å². The van der Waals surface area contributed by atoms with E-state index in [4.69, 9.17) is 5.21 Å². The number of nitrogens with zero attached hydrogens (tertiary/aromatic N) is 2. The first-order valence-corrected chi connectivity index (χ1v) is 5.08. The predicted molar refractivity (Wildman–Crippen MR) is 53.4 cm³/mol. The number of aromatic nitrogens is 1. The highest BCUT2D eigenvalue weighted by Gasteiger charge is 2.28. The molecule has 3 heteroatoms. The van der Waals surface area contributed by atoms with Crippen molar-refractivity contribution >= 4 is 5.71 Å². The van der Waals surface area contributed by atoms with Gasteiger partial charge in [-0.05, 0) is 19.3 Å². The summed E-state index contributed by atoms with van der Waals surface area (Å²) in [5.41, 5.74) is 0.910. The minimum absolute atomic E-state index is 0.259. The number of pyridine rings is 1. The average molecular weight is 191 g/mol. The van der Waals surface area contributed by atoms with Gasteiger partial charge >= 0.3 is 0 Å². The van der Waals surface area contributed by atoms with Gasteiger partial charge in [0.25, 0.3) is 0 Å². The minimum atomic E-state index is 0.259. The number of hydrogen-bond acceptors (Lipinski definition) is 2. The molecule has 0 amide bonds. The van der Waals surface area contributed by atoms with Crippen LogP contribution in [0.3, 0.4) is 0 Å². The largest absolute Gasteiger partial charge is 0.411 e. The summed E-state index contributed by atoms with van der Waals surface area (Å²) in [5.74, 6) is 0. The molecule has 2 rings (SSSR count). The van der Waals surface area contributed by atoms with E-state index in [9.17, 15) is 0 Å². The molecule has 1 heterocycles. The number of oxime groups is 1. The standard InChI is InChI=1S/C11H14N2O/c14-12-10-6-2-3-7-11(10)13-8-4-1-5-9-13/h1,4-5,8-9,11H,2-3,6-7H2/p+1. The highest BCUT2D eigenvalue weighted by Crippen LogP contribution is 2.21. The van der Waals surface area contributed by atoms with Crippen LogP contribution in [0.5, 0.6) is 0 Å². The topological polar surface area (TPSA) is 36.5 Å². The number of hydrogen-bond donors (Lipinski definition) is 1. The van der Waals surface area contributed by atoms with Crippen LogP contribution in [0.1, 0.15) is 31.7 Å². The van der Waals surface area contributed by atoms with Crippen LogP contribution in [0.4, 0.5) is 0 Å². The van der Waals surface area contributed by atoms with E-state index in [2.05, 4.69) is 9.72 Å². The van der Waals surface area contributed by atoms with Gasteiger partial charge in [0, 0.05) is 18.6 Å². The van der Waals surface area contributed by atoms with Gasteiger partial charge in [0.05, 0.1) is 0 Å². The Bertz CT molecular complexity index is 321. The van der Waals surface area contributed by atoms with Gasteiger partial charge in [-0.3, -0.25) is 0 Å². The van der Waals surface area contributed by atoms with Gasteiger partial charge in [0.15, 0.2) is 18.4 Å². The smallest absolute Gasteiger partial charge is 0.199 e. The van der Waals surface area contributed by atoms with E-state index in [1.165, 1.54) is 6.42 Å². The van der Waals surface area contributed by atoms with Crippen LogP contribution >= 0.6 is 0 Å². The van der Waals surface area contributed by atoms with Gasteiger partial charge < -0.3 is 5.21 Å². The van der Waals surface area contributed by atoms with Crippen LogP contribution in [0.25, 0.3) is 0 Å². The maximum Gasteiger partial charge on any atom is 0.199 e. The summed E-state index contributed by atoms with van der Waals surface area (Å²) < 4.78 is 2.12. The van der Waals surface area contributed by atoms with Crippen LogP contribution in [-0.4, -0.2) is 10.9 Å². The minimum Gasteiger partial charge on any atom is -0.411 e. The van der Waals surface area contributed by atoms with Crippen molar-refractivity contribution < 1.29 is 9.77 Å². The lowest BCUT2D eigenvalue weighted by Crippen LogP contribution is -2.44. The van der Waals surface area contributed by atoms with Gasteiger partial charge in [-0.1, -0.05) is 11.2 Å². The molecule has 1 aliphatic rings. The van der Waals surface area contributed by atoms with Crippen molar-refractivity contribution in [3.63, 3.8) is 0 Å². The second-order valence-electron chi connectivity index (χ2n) is 3.68. The molecule has 0 aliphatic heterocycles. The molecule has 74 valence electrons. The third-order valence-corrected chi connectivity index (χ3v) is 2.77. The molecule has 0 spiro atoms. The Morgan fingerprint density at radius 3 is 2.71 bits per heavy atom. The van der Waals surface area contributed by atoms with Gasteiger partial charge in [-0.25, -0.2) is 0 Å². The third-order valence-electron chi connectivity index (χ3n) is 2.77. The monoisotopic (exact) mass is 191 g/mol. The predicted octanol–water partition coefficient (Wildman–Crippen LogP) is 1.92. The van der Waals surface area contributed by atoms with Gasteiger partial charge in [-0.15, -0.1) is 0 Å². The van der Waals surface area contributed by atoms with Crippen LogP contribution < -0.4 is 4.57 Å². The third kappa shape index (κ3) is 1.76. The van der Waals surface area contributed by atoms with E-state index in [-0.39, 0.29) is 6.04 Å². The van der Waals surface area contributed by atoms with Crippen molar-refractivity contribution in [2.75, 3.05) is 0 Å². The second-order valence-corrected chi connectivity index (χ2v) is 3.68. The van der Waals surface area contributed by atoms with Crippen molar-refractivity contribution in [1.82, 2.24) is 0 Å². The molecule has 14 heavy (non-hydrogen) atoms. The van der Waals surface area contributed by atoms with Crippen LogP contribution in [-0.2, 0) is 0 Å². The summed E-state index contributed by atoms with van der Waals surface area (Å²) in [5, 5.41) is 12.3. The molecule has 1 N–H and O–H groups in total. The summed E-state index contributed by atoms with van der Waals surface area (Å²) in [6, 6.07) is 6.26. The fourth-order valence-corrected chi connectivity index (χ4v) is 2.03. The van der Waals surface area contributed by atoms with Gasteiger partial charge in [0.1, 0.15) is 5.71 Å². The quantitative estimate of drug-likeness (QED) is 0.411. The van der Waals surface area contributed by atoms with E-state index in [1.54, 1.807) is 0 Å². The molecule has 3 nitrogen and oxygen atoms in total. The molecule has 1 aromatic rings. The zero-order valence-corrected chi connectivity index (χ0v) is 8.13. The van der Waals surface area contributed by atoms with Crippen LogP contribution in [0.2, 0.25) is 0 Å². The normalized spacial score (nSPS) is 25.1. The molecule has 0 saturated heterocycles. The summed E-state index contributed by atoms with van der Waals surface area (Å²) in [4.78, 5) is 0. The summed E-state index contributed by atoms with van der Waals surface area (Å²) >= 11 is 0. The summed E-state index contributed by atoms with van der Waals surface area (Å²) in [6.07, 6.45) is 8.41. The van der Waals surface area contributed by atoms with Crippen molar-refractivity contribution in [1.29, 1.82) is 0 Å². The summed E-state index contributed by atoms with van der Waals surface area (Å²) in [7, 11) is 0. The van der Waals surface area contributed by atoms with Crippen LogP contribution in [0, 0.1) is 0 Å². The maximum absolute atomic E-state index is 8.90. The highest BCUT2D eigenvalue weighted by atomic mass is 16.4. The van der Waals surface area contributed by atoms with E-state index in [0.717, 1.165) is 25.0 Å². The molecule has 1 aromatic heterocycles. The van der Waals surface area contributed by atoms with Crippen molar-refractivity contribution in [3.8, 4) is 0 Å². The summed E-state index contributed by atoms with van der Waals surface area (Å²) in [6.45, 7) is 0. The Labute approximate surface area is 83.7 Å². The van der Waals surface area contributed by atoms with Crippen molar-refractivity contribution in [2.24, 2.45) is 5.16 Å². The molecule has 0 aromatic carbocycles. The SMILES string of the molecule is ON=C1CCCCC1[n+]1ccccc1. The zero-order valence-electron chi connectivity index (χ0n) is 8.13. The Kier molecular flexibility index (Phi) is 2.77. The molecule has 0 bridgehead atoms. The molecule has 1 aliphatic carbocycles. The fourth-order valence-electron chi connectivity index (χ4n) is 2.03. The van der Waals surface area contributed by atoms with Crippen molar-refractivity contribution in [2.45, 2.75) is 31.7 Å². The second kappa shape index (κ2) is 4.22. The van der Waals surface area contributed by atoms with E-state index >= 15 is 0 Å². The molecule has 1 fully saturated rings. The molecular formula is C11H15N2O+. The Morgan fingerprint density at radius 1 is 1.21 bits per heavy atom. The fraction of sp³-hybridized carbons (Fsp3) is 0.455. The molecular weight excluding hydrogens is 176 g/mol. The molecule has 1 saturated carbocycles. The Hall–Kier alpha value is -1.38. The van der Waals surface area contributed by atoms with Gasteiger partial charge in [-0.2, -0.15) is 4.57 Å². The van der Waals surface area contributed by atoms with E-state index in [1.807, 2.05) is 30.6 Å². The van der Waals surface area contributed by atoms with Gasteiger partial charge in [0.2, 0.25) is 0 Å². The zero-order chi connectivity index (χ0) is 9.80. The number of rotatable bonds is 1. The first-order valence-electron chi connectivity index (χ1n) is 5.08.